The van der Waals surface area contributed by atoms with Crippen molar-refractivity contribution in [1.29, 1.82) is 0 Å². The van der Waals surface area contributed by atoms with Gasteiger partial charge in [-0.05, 0) is 60.7 Å². The number of carbonyl (C=O) groups excluding carboxylic acids is 2. The predicted molar refractivity (Wildman–Crippen MR) is 120 cm³/mol. The van der Waals surface area contributed by atoms with Crippen LogP contribution < -0.4 is 5.32 Å². The standard InChI is InChI=1S/C24H20N2O3S/c1-15-10-16(2)12-17(11-15)25-23(27)14-29-24(28)19-13-21(22-8-5-9-30-22)26-20-7-4-3-6-18(19)20/h3-13H,14H2,1-2H3,(H,25,27). The second-order valence-electron chi connectivity index (χ2n) is 7.05. The summed E-state index contributed by atoms with van der Waals surface area (Å²) in [5.41, 5.74) is 4.58. The molecular weight excluding hydrogens is 396 g/mol. The van der Waals surface area contributed by atoms with Crippen LogP contribution in [0.4, 0.5) is 5.69 Å². The van der Waals surface area contributed by atoms with Crippen LogP contribution in [-0.4, -0.2) is 23.5 Å². The van der Waals surface area contributed by atoms with Gasteiger partial charge in [0.15, 0.2) is 6.61 Å². The molecular formula is C24H20N2O3S. The molecule has 6 heteroatoms. The van der Waals surface area contributed by atoms with Crippen LogP contribution >= 0.6 is 11.3 Å². The summed E-state index contributed by atoms with van der Waals surface area (Å²) >= 11 is 1.55. The first-order valence-corrected chi connectivity index (χ1v) is 10.4. The number of amides is 1. The van der Waals surface area contributed by atoms with Crippen LogP contribution in [0.5, 0.6) is 0 Å². The van der Waals surface area contributed by atoms with Gasteiger partial charge in [-0.25, -0.2) is 9.78 Å². The molecule has 0 saturated heterocycles. The molecule has 30 heavy (non-hydrogen) atoms. The van der Waals surface area contributed by atoms with Gasteiger partial charge in [0.2, 0.25) is 0 Å². The number of fused-ring (bicyclic) bond motifs is 1. The number of pyridine rings is 1. The molecule has 0 aliphatic heterocycles. The van der Waals surface area contributed by atoms with E-state index in [1.807, 2.05) is 73.8 Å². The molecule has 150 valence electrons. The topological polar surface area (TPSA) is 68.3 Å². The average Bonchev–Trinajstić information content (AvgIpc) is 3.25. The minimum atomic E-state index is -0.554. The van der Waals surface area contributed by atoms with Crippen LogP contribution in [0.15, 0.2) is 66.0 Å². The first-order chi connectivity index (χ1) is 14.5. The maximum atomic E-state index is 12.8. The number of thiophene rings is 1. The SMILES string of the molecule is Cc1cc(C)cc(NC(=O)COC(=O)c2cc(-c3cccs3)nc3ccccc23)c1. The van der Waals surface area contributed by atoms with Crippen molar-refractivity contribution in [3.8, 4) is 10.6 Å². The number of carbonyl (C=O) groups is 2. The number of ether oxygens (including phenoxy) is 1. The van der Waals surface area contributed by atoms with Crippen molar-refractivity contribution in [2.24, 2.45) is 0 Å². The molecule has 2 aromatic carbocycles. The van der Waals surface area contributed by atoms with Gasteiger partial charge in [0, 0.05) is 11.1 Å². The summed E-state index contributed by atoms with van der Waals surface area (Å²) in [6, 6.07) is 18.8. The van der Waals surface area contributed by atoms with Gasteiger partial charge in [-0.3, -0.25) is 4.79 Å². The van der Waals surface area contributed by atoms with Gasteiger partial charge in [0.25, 0.3) is 5.91 Å². The molecule has 2 heterocycles. The Morgan fingerprint density at radius 1 is 1.00 bits per heavy atom. The Morgan fingerprint density at radius 2 is 1.77 bits per heavy atom. The lowest BCUT2D eigenvalue weighted by molar-refractivity contribution is -0.119. The van der Waals surface area contributed by atoms with Crippen molar-refractivity contribution >= 4 is 39.8 Å². The van der Waals surface area contributed by atoms with Gasteiger partial charge in [-0.1, -0.05) is 30.3 Å². The van der Waals surface area contributed by atoms with E-state index in [9.17, 15) is 9.59 Å². The minimum absolute atomic E-state index is 0.364. The molecule has 4 aromatic rings. The van der Waals surface area contributed by atoms with Gasteiger partial charge in [0.05, 0.1) is 21.7 Å². The van der Waals surface area contributed by atoms with Crippen molar-refractivity contribution in [2.45, 2.75) is 13.8 Å². The molecule has 0 saturated carbocycles. The van der Waals surface area contributed by atoms with Crippen LogP contribution in [0.3, 0.4) is 0 Å². The number of hydrogen-bond donors (Lipinski definition) is 1. The molecule has 0 fully saturated rings. The lowest BCUT2D eigenvalue weighted by atomic mass is 10.1. The molecule has 0 atom stereocenters. The van der Waals surface area contributed by atoms with Crippen LogP contribution in [0.25, 0.3) is 21.5 Å². The highest BCUT2D eigenvalue weighted by Gasteiger charge is 2.17. The number of para-hydroxylation sites is 1. The number of anilines is 1. The van der Waals surface area contributed by atoms with E-state index >= 15 is 0 Å². The molecule has 0 unspecified atom stereocenters. The predicted octanol–water partition coefficient (Wildman–Crippen LogP) is 5.38. The molecule has 5 nitrogen and oxygen atoms in total. The van der Waals surface area contributed by atoms with Gasteiger partial charge in [-0.2, -0.15) is 0 Å². The Balaban J connectivity index is 1.53. The number of benzene rings is 2. The van der Waals surface area contributed by atoms with E-state index < -0.39 is 5.97 Å². The summed E-state index contributed by atoms with van der Waals surface area (Å²) in [6.07, 6.45) is 0. The molecule has 0 aliphatic rings. The Hall–Kier alpha value is -3.51. The minimum Gasteiger partial charge on any atom is -0.452 e. The first kappa shape index (κ1) is 19.8. The summed E-state index contributed by atoms with van der Waals surface area (Å²) < 4.78 is 5.33. The summed E-state index contributed by atoms with van der Waals surface area (Å²) in [4.78, 5) is 30.7. The van der Waals surface area contributed by atoms with E-state index in [-0.39, 0.29) is 12.5 Å². The van der Waals surface area contributed by atoms with Crippen LogP contribution in [0.2, 0.25) is 0 Å². The van der Waals surface area contributed by atoms with Crippen molar-refractivity contribution < 1.29 is 14.3 Å². The highest BCUT2D eigenvalue weighted by atomic mass is 32.1. The van der Waals surface area contributed by atoms with E-state index in [2.05, 4.69) is 10.3 Å². The van der Waals surface area contributed by atoms with Gasteiger partial charge in [-0.15, -0.1) is 11.3 Å². The molecule has 2 aromatic heterocycles. The second-order valence-corrected chi connectivity index (χ2v) is 8.00. The van der Waals surface area contributed by atoms with Crippen LogP contribution in [0, 0.1) is 13.8 Å². The smallest absolute Gasteiger partial charge is 0.339 e. The van der Waals surface area contributed by atoms with E-state index in [4.69, 9.17) is 4.74 Å². The molecule has 1 amide bonds. The largest absolute Gasteiger partial charge is 0.452 e. The fourth-order valence-electron chi connectivity index (χ4n) is 3.35. The number of aryl methyl sites for hydroxylation is 2. The Kier molecular flexibility index (Phi) is 5.59. The maximum absolute atomic E-state index is 12.8. The fraction of sp³-hybridized carbons (Fsp3) is 0.125. The lowest BCUT2D eigenvalue weighted by Gasteiger charge is -2.10. The molecule has 1 N–H and O–H groups in total. The van der Waals surface area contributed by atoms with Crippen molar-refractivity contribution in [2.75, 3.05) is 11.9 Å². The fourth-order valence-corrected chi connectivity index (χ4v) is 4.03. The highest BCUT2D eigenvalue weighted by Crippen LogP contribution is 2.28. The number of rotatable bonds is 5. The third kappa shape index (κ3) is 4.39. The zero-order chi connectivity index (χ0) is 21.1. The van der Waals surface area contributed by atoms with Gasteiger partial charge >= 0.3 is 5.97 Å². The number of esters is 1. The van der Waals surface area contributed by atoms with Gasteiger partial charge in [0.1, 0.15) is 0 Å². The quantitative estimate of drug-likeness (QED) is 0.444. The molecule has 0 bridgehead atoms. The normalized spacial score (nSPS) is 10.7. The molecule has 0 aliphatic carbocycles. The Morgan fingerprint density at radius 3 is 2.50 bits per heavy atom. The number of nitrogens with zero attached hydrogens (tertiary/aromatic N) is 1. The lowest BCUT2D eigenvalue weighted by Crippen LogP contribution is -2.21. The molecule has 4 rings (SSSR count). The highest BCUT2D eigenvalue weighted by molar-refractivity contribution is 7.13. The second kappa shape index (κ2) is 8.47. The maximum Gasteiger partial charge on any atom is 0.339 e. The number of aromatic nitrogens is 1. The van der Waals surface area contributed by atoms with Crippen LogP contribution in [-0.2, 0) is 9.53 Å². The van der Waals surface area contributed by atoms with E-state index in [0.29, 0.717) is 27.8 Å². The summed E-state index contributed by atoms with van der Waals surface area (Å²) in [5.74, 6) is -0.938. The zero-order valence-corrected chi connectivity index (χ0v) is 17.5. The average molecular weight is 417 g/mol. The molecule has 0 radical (unpaired) electrons. The van der Waals surface area contributed by atoms with Crippen LogP contribution in [0.1, 0.15) is 21.5 Å². The zero-order valence-electron chi connectivity index (χ0n) is 16.6. The van der Waals surface area contributed by atoms with Crippen molar-refractivity contribution in [3.05, 3.63) is 82.7 Å². The third-order valence-electron chi connectivity index (χ3n) is 4.55. The summed E-state index contributed by atoms with van der Waals surface area (Å²) in [7, 11) is 0. The van der Waals surface area contributed by atoms with E-state index in [1.54, 1.807) is 17.4 Å². The number of nitrogens with one attached hydrogen (secondary N) is 1. The van der Waals surface area contributed by atoms with Crippen molar-refractivity contribution in [3.63, 3.8) is 0 Å². The third-order valence-corrected chi connectivity index (χ3v) is 5.44. The van der Waals surface area contributed by atoms with Gasteiger partial charge < -0.3 is 10.1 Å². The monoisotopic (exact) mass is 416 g/mol. The summed E-state index contributed by atoms with van der Waals surface area (Å²) in [5, 5.41) is 5.43. The first-order valence-electron chi connectivity index (χ1n) is 9.48. The molecule has 0 spiro atoms. The van der Waals surface area contributed by atoms with E-state index in [1.165, 1.54) is 0 Å². The van der Waals surface area contributed by atoms with Crippen molar-refractivity contribution in [1.82, 2.24) is 4.98 Å². The van der Waals surface area contributed by atoms with E-state index in [0.717, 1.165) is 16.0 Å². The summed E-state index contributed by atoms with van der Waals surface area (Å²) in [6.45, 7) is 3.56. The Labute approximate surface area is 178 Å². The Bertz CT molecular complexity index is 1210. The number of hydrogen-bond acceptors (Lipinski definition) is 5.